The zero-order chi connectivity index (χ0) is 12.9. The summed E-state index contributed by atoms with van der Waals surface area (Å²) >= 11 is -1.03. The second-order valence-corrected chi connectivity index (χ2v) is 15.3. The van der Waals surface area contributed by atoms with E-state index in [-0.39, 0.29) is 0 Å². The number of unbranched alkanes of at least 4 members (excludes halogenated alkanes) is 1. The average Bonchev–Trinajstić information content (AvgIpc) is 2.33. The molecule has 0 saturated heterocycles. The molecule has 1 nitrogen and oxygen atoms in total. The Kier molecular flexibility index (Phi) is 13.9. The molecule has 17 heavy (non-hydrogen) atoms. The van der Waals surface area contributed by atoms with Gasteiger partial charge in [-0.3, -0.25) is 0 Å². The van der Waals surface area contributed by atoms with Gasteiger partial charge >= 0.3 is 118 Å². The summed E-state index contributed by atoms with van der Waals surface area (Å²) in [6, 6.07) is 0. The Morgan fingerprint density at radius 3 is 1.82 bits per heavy atom. The maximum absolute atomic E-state index is 2.62. The first-order chi connectivity index (χ1) is 8.28. The number of rotatable bonds is 12. The van der Waals surface area contributed by atoms with Crippen LogP contribution in [0.4, 0.5) is 0 Å². The van der Waals surface area contributed by atoms with Gasteiger partial charge in [0.05, 0.1) is 0 Å². The fourth-order valence-corrected chi connectivity index (χ4v) is 12.4. The molecular weight excluding hydrogens is 309 g/mol. The standard InChI is InChI=1S/C9H20N.2C3H7.In/c1-4-7-9-10(6-3)8-5-2;2*1-3-2;/h1,4-9H2,2-3H3;2*1,3H2,2H3;. The van der Waals surface area contributed by atoms with Crippen LogP contribution in [0.25, 0.3) is 0 Å². The summed E-state index contributed by atoms with van der Waals surface area (Å²) in [6.45, 7) is 13.2. The Morgan fingerprint density at radius 1 is 0.706 bits per heavy atom. The fourth-order valence-electron chi connectivity index (χ4n) is 2.76. The van der Waals surface area contributed by atoms with Gasteiger partial charge in [0.25, 0.3) is 0 Å². The van der Waals surface area contributed by atoms with E-state index in [0.29, 0.717) is 0 Å². The second kappa shape index (κ2) is 13.3. The van der Waals surface area contributed by atoms with Gasteiger partial charge in [-0.2, -0.15) is 0 Å². The predicted octanol–water partition coefficient (Wildman–Crippen LogP) is 4.81. The Bertz CT molecular complexity index is 144. The number of nitrogens with zero attached hydrogens (tertiary/aromatic N) is 1. The minimum atomic E-state index is -1.03. The van der Waals surface area contributed by atoms with E-state index < -0.39 is 21.4 Å². The van der Waals surface area contributed by atoms with Gasteiger partial charge < -0.3 is 0 Å². The van der Waals surface area contributed by atoms with Crippen LogP contribution in [0.15, 0.2) is 0 Å². The molecule has 0 fully saturated rings. The molecule has 0 aromatic heterocycles. The molecule has 0 aliphatic carbocycles. The zero-order valence-electron chi connectivity index (χ0n) is 12.8. The molecule has 0 saturated carbocycles. The van der Waals surface area contributed by atoms with Crippen molar-refractivity contribution in [1.82, 2.24) is 4.90 Å². The molecule has 0 aromatic carbocycles. The second-order valence-electron chi connectivity index (χ2n) is 5.37. The molecule has 0 atom stereocenters. The molecule has 0 amide bonds. The molecule has 102 valence electrons. The molecule has 0 heterocycles. The van der Waals surface area contributed by atoms with Crippen LogP contribution in [0.3, 0.4) is 0 Å². The first-order valence-corrected chi connectivity index (χ1v) is 15.0. The van der Waals surface area contributed by atoms with Crippen LogP contribution in [0.2, 0.25) is 12.5 Å². The normalized spacial score (nSPS) is 11.1. The van der Waals surface area contributed by atoms with Crippen molar-refractivity contribution < 1.29 is 0 Å². The van der Waals surface area contributed by atoms with Crippen LogP contribution in [-0.2, 0) is 0 Å². The van der Waals surface area contributed by atoms with Crippen molar-refractivity contribution >= 4 is 21.4 Å². The van der Waals surface area contributed by atoms with E-state index in [9.17, 15) is 0 Å². The van der Waals surface area contributed by atoms with Crippen LogP contribution in [0.1, 0.15) is 59.8 Å². The van der Waals surface area contributed by atoms with E-state index in [1.807, 2.05) is 0 Å². The number of hydrogen-bond donors (Lipinski definition) is 0. The van der Waals surface area contributed by atoms with Gasteiger partial charge in [0.1, 0.15) is 0 Å². The van der Waals surface area contributed by atoms with E-state index in [4.69, 9.17) is 0 Å². The molecule has 0 aromatic rings. The molecule has 0 radical (unpaired) electrons. The third-order valence-electron chi connectivity index (χ3n) is 3.72. The van der Waals surface area contributed by atoms with Gasteiger partial charge in [0.2, 0.25) is 0 Å². The Hall–Kier alpha value is 0.830. The van der Waals surface area contributed by atoms with Gasteiger partial charge in [0.15, 0.2) is 0 Å². The Balaban J connectivity index is 3.57. The number of hydrogen-bond acceptors (Lipinski definition) is 1. The van der Waals surface area contributed by atoms with Crippen molar-refractivity contribution in [1.29, 1.82) is 0 Å². The van der Waals surface area contributed by atoms with Crippen molar-refractivity contribution in [3.8, 4) is 0 Å². The quantitative estimate of drug-likeness (QED) is 0.460. The van der Waals surface area contributed by atoms with Crippen LogP contribution in [-0.4, -0.2) is 46.0 Å². The molecule has 0 rings (SSSR count). The van der Waals surface area contributed by atoms with Crippen molar-refractivity contribution in [2.45, 2.75) is 72.3 Å². The van der Waals surface area contributed by atoms with Crippen molar-refractivity contribution in [3.63, 3.8) is 0 Å². The van der Waals surface area contributed by atoms with E-state index in [0.717, 1.165) is 0 Å². The zero-order valence-corrected chi connectivity index (χ0v) is 16.1. The predicted molar refractivity (Wildman–Crippen MR) is 82.4 cm³/mol. The third-order valence-corrected chi connectivity index (χ3v) is 15.2. The van der Waals surface area contributed by atoms with Gasteiger partial charge in [-0.05, 0) is 0 Å². The first-order valence-electron chi connectivity index (χ1n) is 8.00. The van der Waals surface area contributed by atoms with E-state index in [2.05, 4.69) is 32.6 Å². The van der Waals surface area contributed by atoms with E-state index >= 15 is 0 Å². The molecule has 0 aliphatic rings. The third kappa shape index (κ3) is 10.4. The molecule has 0 unspecified atom stereocenters. The SMILES string of the molecule is CCCN(CC)CCC[CH2][In]([CH2]CC)[CH2]CC. The molecule has 0 N–H and O–H groups in total. The van der Waals surface area contributed by atoms with Gasteiger partial charge in [-0.15, -0.1) is 0 Å². The Labute approximate surface area is 118 Å². The van der Waals surface area contributed by atoms with E-state index in [1.54, 1.807) is 12.5 Å². The molecular formula is C15H34InN. The summed E-state index contributed by atoms with van der Waals surface area (Å²) < 4.78 is 4.98. The molecule has 0 aliphatic heterocycles. The summed E-state index contributed by atoms with van der Waals surface area (Å²) in [6.07, 6.45) is 7.20. The summed E-state index contributed by atoms with van der Waals surface area (Å²) in [7, 11) is 0. The van der Waals surface area contributed by atoms with Gasteiger partial charge in [-0.1, -0.05) is 0 Å². The maximum atomic E-state index is 2.62. The van der Waals surface area contributed by atoms with E-state index in [1.165, 1.54) is 51.7 Å². The molecule has 0 spiro atoms. The average molecular weight is 343 g/mol. The summed E-state index contributed by atoms with van der Waals surface area (Å²) in [5.41, 5.74) is 0. The fraction of sp³-hybridized carbons (Fsp3) is 1.00. The first kappa shape index (κ1) is 17.8. The summed E-state index contributed by atoms with van der Waals surface area (Å²) in [5.74, 6) is 0. The van der Waals surface area contributed by atoms with Crippen molar-refractivity contribution in [2.24, 2.45) is 0 Å². The molecule has 2 heteroatoms. The van der Waals surface area contributed by atoms with Crippen LogP contribution in [0, 0.1) is 0 Å². The van der Waals surface area contributed by atoms with Gasteiger partial charge in [-0.25, -0.2) is 0 Å². The van der Waals surface area contributed by atoms with Crippen LogP contribution in [0.5, 0.6) is 0 Å². The van der Waals surface area contributed by atoms with Crippen molar-refractivity contribution in [3.05, 3.63) is 0 Å². The summed E-state index contributed by atoms with van der Waals surface area (Å²) in [4.78, 5) is 2.62. The summed E-state index contributed by atoms with van der Waals surface area (Å²) in [5, 5.41) is 0. The Morgan fingerprint density at radius 2 is 1.35 bits per heavy atom. The minimum absolute atomic E-state index is 1.03. The van der Waals surface area contributed by atoms with Crippen molar-refractivity contribution in [2.75, 3.05) is 19.6 Å². The molecule has 0 bridgehead atoms. The van der Waals surface area contributed by atoms with Crippen LogP contribution >= 0.6 is 0 Å². The monoisotopic (exact) mass is 343 g/mol. The topological polar surface area (TPSA) is 3.24 Å². The van der Waals surface area contributed by atoms with Gasteiger partial charge in [0, 0.05) is 0 Å². The van der Waals surface area contributed by atoms with Crippen LogP contribution < -0.4 is 0 Å².